The first kappa shape index (κ1) is 21.0. The number of nitrogens with zero attached hydrogens (tertiary/aromatic N) is 2. The first-order chi connectivity index (χ1) is 15.9. The quantitative estimate of drug-likeness (QED) is 0.305. The van der Waals surface area contributed by atoms with Gasteiger partial charge in [-0.05, 0) is 49.4 Å². The van der Waals surface area contributed by atoms with E-state index in [1.807, 2.05) is 35.8 Å². The molecule has 0 aliphatic carbocycles. The lowest BCUT2D eigenvalue weighted by atomic mass is 10.1. The highest BCUT2D eigenvalue weighted by molar-refractivity contribution is 6.31. The normalized spacial score (nSPS) is 15.0. The van der Waals surface area contributed by atoms with E-state index in [1.54, 1.807) is 48.5 Å². The van der Waals surface area contributed by atoms with Crippen LogP contribution in [0.1, 0.15) is 16.8 Å². The summed E-state index contributed by atoms with van der Waals surface area (Å²) >= 11 is 5.93. The summed E-state index contributed by atoms with van der Waals surface area (Å²) in [6.45, 7) is 2.27. The Morgan fingerprint density at radius 2 is 1.67 bits per heavy atom. The third kappa shape index (κ3) is 3.68. The summed E-state index contributed by atoms with van der Waals surface area (Å²) in [5.41, 5.74) is 3.74. The first-order valence-electron chi connectivity index (χ1n) is 10.4. The van der Waals surface area contributed by atoms with Crippen molar-refractivity contribution in [2.75, 3.05) is 4.90 Å². The van der Waals surface area contributed by atoms with Gasteiger partial charge in [-0.3, -0.25) is 4.79 Å². The Hall–Kier alpha value is -3.90. The summed E-state index contributed by atoms with van der Waals surface area (Å²) in [5.74, 6) is -0.723. The molecule has 5 rings (SSSR count). The van der Waals surface area contributed by atoms with Gasteiger partial charge in [-0.15, -0.1) is 0 Å². The number of imide groups is 1. The summed E-state index contributed by atoms with van der Waals surface area (Å²) in [4.78, 5) is 26.7. The fourth-order valence-electron chi connectivity index (χ4n) is 4.14. The predicted octanol–water partition coefficient (Wildman–Crippen LogP) is 5.89. The van der Waals surface area contributed by atoms with Crippen molar-refractivity contribution in [2.24, 2.45) is 0 Å². The molecule has 3 amide bonds. The maximum Gasteiger partial charge on any atom is 0.333 e. The van der Waals surface area contributed by atoms with E-state index in [0.717, 1.165) is 27.1 Å². The van der Waals surface area contributed by atoms with Crippen LogP contribution in [0.15, 0.2) is 78.5 Å². The molecule has 0 spiro atoms. The molecule has 0 atom stereocenters. The van der Waals surface area contributed by atoms with Crippen LogP contribution in [-0.2, 0) is 11.3 Å². The summed E-state index contributed by atoms with van der Waals surface area (Å²) in [6.07, 6.45) is 1.69. The number of hydrogen-bond donors (Lipinski definition) is 1. The maximum atomic E-state index is 14.3. The standard InChI is InChI=1S/C26H19ClFN3O2/c1-16-21(14-23-25(32)31(26(33)29-23)19-12-10-18(27)11-13-19)20-7-3-5-9-24(20)30(16)15-17-6-2-4-8-22(17)28/h2-14H,15H2,1H3,(H,29,33)/b23-14+. The topological polar surface area (TPSA) is 54.3 Å². The van der Waals surface area contributed by atoms with Gasteiger partial charge in [-0.1, -0.05) is 48.0 Å². The second kappa shape index (κ2) is 8.22. The second-order valence-corrected chi connectivity index (χ2v) is 8.24. The number of aromatic nitrogens is 1. The molecule has 0 radical (unpaired) electrons. The van der Waals surface area contributed by atoms with E-state index in [2.05, 4.69) is 5.32 Å². The molecular weight excluding hydrogens is 441 g/mol. The number of halogens is 2. The lowest BCUT2D eigenvalue weighted by Gasteiger charge is -2.11. The van der Waals surface area contributed by atoms with Gasteiger partial charge in [0.1, 0.15) is 11.5 Å². The second-order valence-electron chi connectivity index (χ2n) is 7.80. The monoisotopic (exact) mass is 459 g/mol. The molecule has 1 aliphatic heterocycles. The van der Waals surface area contributed by atoms with Crippen LogP contribution in [0.2, 0.25) is 5.02 Å². The molecule has 1 aliphatic rings. The molecule has 2 heterocycles. The van der Waals surface area contributed by atoms with Crippen LogP contribution >= 0.6 is 11.6 Å². The number of urea groups is 1. The molecule has 4 aromatic rings. The van der Waals surface area contributed by atoms with Crippen LogP contribution in [0.3, 0.4) is 0 Å². The van der Waals surface area contributed by atoms with Crippen molar-refractivity contribution in [3.63, 3.8) is 0 Å². The van der Waals surface area contributed by atoms with Crippen molar-refractivity contribution in [2.45, 2.75) is 13.5 Å². The van der Waals surface area contributed by atoms with E-state index in [-0.39, 0.29) is 11.5 Å². The minimum Gasteiger partial charge on any atom is -0.340 e. The number of anilines is 1. The molecule has 164 valence electrons. The molecule has 5 nitrogen and oxygen atoms in total. The largest absolute Gasteiger partial charge is 0.340 e. The third-order valence-corrected chi connectivity index (χ3v) is 6.07. The van der Waals surface area contributed by atoms with E-state index in [9.17, 15) is 14.0 Å². The average molecular weight is 460 g/mol. The molecule has 0 bridgehead atoms. The predicted molar refractivity (Wildman–Crippen MR) is 128 cm³/mol. The Morgan fingerprint density at radius 1 is 0.970 bits per heavy atom. The molecule has 3 aromatic carbocycles. The zero-order valence-electron chi connectivity index (χ0n) is 17.7. The maximum absolute atomic E-state index is 14.3. The molecule has 1 fully saturated rings. The molecule has 1 aromatic heterocycles. The van der Waals surface area contributed by atoms with Gasteiger partial charge in [0, 0.05) is 32.7 Å². The highest BCUT2D eigenvalue weighted by Crippen LogP contribution is 2.31. The van der Waals surface area contributed by atoms with E-state index in [0.29, 0.717) is 22.8 Å². The number of benzene rings is 3. The van der Waals surface area contributed by atoms with Crippen LogP contribution in [0, 0.1) is 12.7 Å². The minimum absolute atomic E-state index is 0.173. The van der Waals surface area contributed by atoms with Gasteiger partial charge in [0.2, 0.25) is 0 Å². The highest BCUT2D eigenvalue weighted by atomic mass is 35.5. The Morgan fingerprint density at radius 3 is 2.42 bits per heavy atom. The lowest BCUT2D eigenvalue weighted by Crippen LogP contribution is -2.30. The Bertz CT molecular complexity index is 1440. The SMILES string of the molecule is Cc1c(/C=C2/NC(=O)N(c3ccc(Cl)cc3)C2=O)c2ccccc2n1Cc1ccccc1F. The van der Waals surface area contributed by atoms with Crippen molar-refractivity contribution in [3.8, 4) is 0 Å². The number of para-hydroxylation sites is 1. The molecule has 7 heteroatoms. The summed E-state index contributed by atoms with van der Waals surface area (Å²) in [7, 11) is 0. The number of rotatable bonds is 4. The Labute approximate surface area is 194 Å². The van der Waals surface area contributed by atoms with Gasteiger partial charge < -0.3 is 9.88 Å². The number of fused-ring (bicyclic) bond motifs is 1. The zero-order chi connectivity index (χ0) is 23.1. The lowest BCUT2D eigenvalue weighted by molar-refractivity contribution is -0.113. The smallest absolute Gasteiger partial charge is 0.333 e. The molecule has 33 heavy (non-hydrogen) atoms. The Kier molecular flexibility index (Phi) is 5.23. The van der Waals surface area contributed by atoms with Crippen LogP contribution in [0.4, 0.5) is 14.9 Å². The van der Waals surface area contributed by atoms with Gasteiger partial charge >= 0.3 is 6.03 Å². The van der Waals surface area contributed by atoms with Crippen molar-refractivity contribution in [1.82, 2.24) is 9.88 Å². The number of carbonyl (C=O) groups excluding carboxylic acids is 2. The highest BCUT2D eigenvalue weighted by Gasteiger charge is 2.35. The molecular formula is C26H19ClFN3O2. The van der Waals surface area contributed by atoms with Gasteiger partial charge in [-0.2, -0.15) is 0 Å². The molecule has 1 N–H and O–H groups in total. The van der Waals surface area contributed by atoms with Crippen LogP contribution in [0.5, 0.6) is 0 Å². The Balaban J connectivity index is 1.57. The fraction of sp³-hybridized carbons (Fsp3) is 0.0769. The number of carbonyl (C=O) groups is 2. The summed E-state index contributed by atoms with van der Waals surface area (Å²) < 4.78 is 16.3. The van der Waals surface area contributed by atoms with Crippen molar-refractivity contribution in [3.05, 3.63) is 106 Å². The molecule has 0 unspecified atom stereocenters. The van der Waals surface area contributed by atoms with Gasteiger partial charge in [0.15, 0.2) is 0 Å². The van der Waals surface area contributed by atoms with E-state index >= 15 is 0 Å². The van der Waals surface area contributed by atoms with E-state index < -0.39 is 11.9 Å². The van der Waals surface area contributed by atoms with Crippen molar-refractivity contribution in [1.29, 1.82) is 0 Å². The third-order valence-electron chi connectivity index (χ3n) is 5.82. The van der Waals surface area contributed by atoms with Crippen molar-refractivity contribution < 1.29 is 14.0 Å². The van der Waals surface area contributed by atoms with Crippen LogP contribution in [0.25, 0.3) is 17.0 Å². The van der Waals surface area contributed by atoms with Gasteiger partial charge in [0.05, 0.1) is 12.2 Å². The summed E-state index contributed by atoms with van der Waals surface area (Å²) in [5, 5.41) is 4.09. The van der Waals surface area contributed by atoms with Gasteiger partial charge in [-0.25, -0.2) is 14.1 Å². The van der Waals surface area contributed by atoms with E-state index in [1.165, 1.54) is 6.07 Å². The van der Waals surface area contributed by atoms with E-state index in [4.69, 9.17) is 11.6 Å². The fourth-order valence-corrected chi connectivity index (χ4v) is 4.27. The number of nitrogens with one attached hydrogen (secondary N) is 1. The minimum atomic E-state index is -0.527. The number of hydrogen-bond acceptors (Lipinski definition) is 2. The summed E-state index contributed by atoms with van der Waals surface area (Å²) in [6, 6.07) is 20.4. The van der Waals surface area contributed by atoms with Crippen molar-refractivity contribution >= 4 is 46.2 Å². The average Bonchev–Trinajstić information content (AvgIpc) is 3.24. The van der Waals surface area contributed by atoms with Crippen LogP contribution in [-0.4, -0.2) is 16.5 Å². The van der Waals surface area contributed by atoms with Crippen LogP contribution < -0.4 is 10.2 Å². The number of amides is 3. The molecule has 0 saturated carbocycles. The first-order valence-corrected chi connectivity index (χ1v) is 10.8. The zero-order valence-corrected chi connectivity index (χ0v) is 18.4. The van der Waals surface area contributed by atoms with Gasteiger partial charge in [0.25, 0.3) is 5.91 Å². The molecule has 1 saturated heterocycles.